The Bertz CT molecular complexity index is 659. The minimum Gasteiger partial charge on any atom is -0.337 e. The number of carbonyl (C=O) groups is 1. The molecule has 0 spiro atoms. The Hall–Kier alpha value is -1.57. The highest BCUT2D eigenvalue weighted by Crippen LogP contribution is 2.66. The van der Waals surface area contributed by atoms with Gasteiger partial charge in [0.05, 0.1) is 5.41 Å². The average molecular weight is 295 g/mol. The highest BCUT2D eigenvalue weighted by molar-refractivity contribution is 5.88. The van der Waals surface area contributed by atoms with E-state index in [1.807, 2.05) is 0 Å². The summed E-state index contributed by atoms with van der Waals surface area (Å²) >= 11 is 0. The molecule has 1 aromatic carbocycles. The summed E-state index contributed by atoms with van der Waals surface area (Å²) in [4.78, 5) is 15.4. The van der Waals surface area contributed by atoms with Gasteiger partial charge < -0.3 is 4.90 Å². The molecule has 1 aromatic rings. The average Bonchev–Trinajstić information content (AvgIpc) is 3.06. The van der Waals surface area contributed by atoms with Gasteiger partial charge >= 0.3 is 0 Å². The van der Waals surface area contributed by atoms with Gasteiger partial charge in [0, 0.05) is 13.1 Å². The molecular formula is C20H25NO. The van der Waals surface area contributed by atoms with Crippen LogP contribution in [0.1, 0.15) is 44.2 Å². The summed E-state index contributed by atoms with van der Waals surface area (Å²) in [5.74, 6) is 0.987. The Balaban J connectivity index is 1.63. The van der Waals surface area contributed by atoms with Crippen molar-refractivity contribution >= 4 is 5.91 Å². The molecule has 3 aliphatic rings. The van der Waals surface area contributed by atoms with Gasteiger partial charge in [0.2, 0.25) is 5.91 Å². The van der Waals surface area contributed by atoms with Gasteiger partial charge in [-0.25, -0.2) is 0 Å². The fraction of sp³-hybridized carbons (Fsp3) is 0.550. The third-order valence-corrected chi connectivity index (χ3v) is 6.72. The van der Waals surface area contributed by atoms with Crippen LogP contribution in [0.15, 0.2) is 36.4 Å². The lowest BCUT2D eigenvalue weighted by molar-refractivity contribution is -0.140. The number of fused-ring (bicyclic) bond motifs is 3. The van der Waals surface area contributed by atoms with Crippen LogP contribution in [0.25, 0.3) is 0 Å². The Kier molecular flexibility index (Phi) is 2.85. The minimum atomic E-state index is -0.263. The van der Waals surface area contributed by atoms with Crippen LogP contribution in [0.3, 0.4) is 0 Å². The molecule has 0 radical (unpaired) electrons. The van der Waals surface area contributed by atoms with Gasteiger partial charge in [-0.3, -0.25) is 4.79 Å². The molecule has 2 bridgehead atoms. The molecule has 2 fully saturated rings. The maximum absolute atomic E-state index is 13.4. The predicted octanol–water partition coefficient (Wildman–Crippen LogP) is 3.95. The Morgan fingerprint density at radius 2 is 2.00 bits per heavy atom. The van der Waals surface area contributed by atoms with Crippen molar-refractivity contribution in [3.63, 3.8) is 0 Å². The van der Waals surface area contributed by atoms with E-state index < -0.39 is 0 Å². The predicted molar refractivity (Wildman–Crippen MR) is 88.3 cm³/mol. The smallest absolute Gasteiger partial charge is 0.233 e. The normalized spacial score (nSPS) is 32.2. The zero-order valence-electron chi connectivity index (χ0n) is 13.7. The SMILES string of the molecule is C=C1C(C)(C)[C@@H]2CC[C@]1(C(=O)N1CCc3ccccc3C1)C2. The van der Waals surface area contributed by atoms with Gasteiger partial charge in [-0.05, 0) is 48.1 Å². The lowest BCUT2D eigenvalue weighted by Crippen LogP contribution is -2.46. The number of nitrogens with zero attached hydrogens (tertiary/aromatic N) is 1. The molecule has 1 aliphatic heterocycles. The van der Waals surface area contributed by atoms with Crippen molar-refractivity contribution in [2.45, 2.75) is 46.1 Å². The monoisotopic (exact) mass is 295 g/mol. The first-order valence-corrected chi connectivity index (χ1v) is 8.51. The molecule has 116 valence electrons. The number of amides is 1. The molecule has 2 atom stereocenters. The van der Waals surface area contributed by atoms with Crippen molar-refractivity contribution in [1.29, 1.82) is 0 Å². The first kappa shape index (κ1) is 14.0. The van der Waals surface area contributed by atoms with Crippen molar-refractivity contribution in [3.8, 4) is 0 Å². The van der Waals surface area contributed by atoms with Crippen LogP contribution in [0.2, 0.25) is 0 Å². The van der Waals surface area contributed by atoms with E-state index in [-0.39, 0.29) is 10.8 Å². The minimum absolute atomic E-state index is 0.127. The summed E-state index contributed by atoms with van der Waals surface area (Å²) < 4.78 is 0. The first-order chi connectivity index (χ1) is 10.4. The van der Waals surface area contributed by atoms with E-state index in [2.05, 4.69) is 49.6 Å². The number of benzene rings is 1. The van der Waals surface area contributed by atoms with Gasteiger partial charge in [-0.1, -0.05) is 50.3 Å². The molecule has 2 saturated carbocycles. The van der Waals surface area contributed by atoms with Crippen molar-refractivity contribution in [2.24, 2.45) is 16.7 Å². The van der Waals surface area contributed by atoms with Crippen LogP contribution in [0, 0.1) is 16.7 Å². The number of hydrogen-bond donors (Lipinski definition) is 0. The molecule has 2 aliphatic carbocycles. The molecule has 2 heteroatoms. The summed E-state index contributed by atoms with van der Waals surface area (Å²) in [6.07, 6.45) is 4.20. The van der Waals surface area contributed by atoms with Crippen LogP contribution in [0.4, 0.5) is 0 Å². The van der Waals surface area contributed by atoms with Crippen molar-refractivity contribution in [2.75, 3.05) is 6.54 Å². The van der Waals surface area contributed by atoms with Crippen molar-refractivity contribution in [3.05, 3.63) is 47.5 Å². The third kappa shape index (κ3) is 1.70. The fourth-order valence-electron chi connectivity index (χ4n) is 5.09. The Labute approximate surface area is 133 Å². The van der Waals surface area contributed by atoms with E-state index in [4.69, 9.17) is 0 Å². The second kappa shape index (κ2) is 4.47. The zero-order valence-corrected chi connectivity index (χ0v) is 13.7. The summed E-state index contributed by atoms with van der Waals surface area (Å²) in [5.41, 5.74) is 3.78. The van der Waals surface area contributed by atoms with Gasteiger partial charge in [0.25, 0.3) is 0 Å². The molecule has 4 rings (SSSR count). The maximum Gasteiger partial charge on any atom is 0.233 e. The van der Waals surface area contributed by atoms with Gasteiger partial charge in [0.15, 0.2) is 0 Å². The Morgan fingerprint density at radius 1 is 1.27 bits per heavy atom. The largest absolute Gasteiger partial charge is 0.337 e. The summed E-state index contributed by atoms with van der Waals surface area (Å²) in [5, 5.41) is 0. The van der Waals surface area contributed by atoms with Crippen LogP contribution in [0.5, 0.6) is 0 Å². The lowest BCUT2D eigenvalue weighted by Gasteiger charge is -2.41. The van der Waals surface area contributed by atoms with E-state index in [1.165, 1.54) is 23.1 Å². The molecule has 1 heterocycles. The van der Waals surface area contributed by atoms with Crippen LogP contribution in [-0.2, 0) is 17.8 Å². The van der Waals surface area contributed by atoms with E-state index in [0.717, 1.165) is 32.4 Å². The number of rotatable bonds is 1. The molecule has 0 aromatic heterocycles. The van der Waals surface area contributed by atoms with E-state index >= 15 is 0 Å². The van der Waals surface area contributed by atoms with Gasteiger partial charge in [0.1, 0.15) is 0 Å². The molecule has 1 amide bonds. The molecule has 0 unspecified atom stereocenters. The second-order valence-electron chi connectivity index (χ2n) is 7.97. The van der Waals surface area contributed by atoms with Crippen LogP contribution < -0.4 is 0 Å². The second-order valence-corrected chi connectivity index (χ2v) is 7.97. The fourth-order valence-corrected chi connectivity index (χ4v) is 5.09. The summed E-state index contributed by atoms with van der Waals surface area (Å²) in [6.45, 7) is 10.6. The standard InChI is InChI=1S/C20H25NO/c1-14-19(2,3)17-8-10-20(14,12-17)18(22)21-11-9-15-6-4-5-7-16(15)13-21/h4-7,17H,1,8-13H2,2-3H3/t17-,20+/m1/s1. The topological polar surface area (TPSA) is 20.3 Å². The van der Waals surface area contributed by atoms with Crippen molar-refractivity contribution < 1.29 is 4.79 Å². The summed E-state index contributed by atoms with van der Waals surface area (Å²) in [6, 6.07) is 8.53. The van der Waals surface area contributed by atoms with Crippen molar-refractivity contribution in [1.82, 2.24) is 4.90 Å². The molecule has 0 N–H and O–H groups in total. The lowest BCUT2D eigenvalue weighted by atomic mass is 9.68. The Morgan fingerprint density at radius 3 is 2.68 bits per heavy atom. The zero-order chi connectivity index (χ0) is 15.5. The summed E-state index contributed by atoms with van der Waals surface area (Å²) in [7, 11) is 0. The van der Waals surface area contributed by atoms with E-state index in [9.17, 15) is 4.79 Å². The molecule has 2 nitrogen and oxygen atoms in total. The highest BCUT2D eigenvalue weighted by Gasteiger charge is 2.61. The highest BCUT2D eigenvalue weighted by atomic mass is 16.2. The molecule has 0 saturated heterocycles. The quantitative estimate of drug-likeness (QED) is 0.718. The maximum atomic E-state index is 13.4. The number of hydrogen-bond acceptors (Lipinski definition) is 1. The first-order valence-electron chi connectivity index (χ1n) is 8.51. The third-order valence-electron chi connectivity index (χ3n) is 6.72. The van der Waals surface area contributed by atoms with Crippen LogP contribution in [-0.4, -0.2) is 17.4 Å². The van der Waals surface area contributed by atoms with Crippen LogP contribution >= 0.6 is 0 Å². The van der Waals surface area contributed by atoms with Gasteiger partial charge in [-0.15, -0.1) is 0 Å². The molecule has 22 heavy (non-hydrogen) atoms. The number of carbonyl (C=O) groups excluding carboxylic acids is 1. The molecular weight excluding hydrogens is 270 g/mol. The van der Waals surface area contributed by atoms with Gasteiger partial charge in [-0.2, -0.15) is 0 Å². The van der Waals surface area contributed by atoms with E-state index in [0.29, 0.717) is 11.8 Å². The van der Waals surface area contributed by atoms with E-state index in [1.54, 1.807) is 0 Å².